The van der Waals surface area contributed by atoms with E-state index in [9.17, 15) is 24.6 Å². The Morgan fingerprint density at radius 2 is 2.03 bits per heavy atom. The molecule has 4 heterocycles. The number of fused-ring (bicyclic) bond motifs is 1. The van der Waals surface area contributed by atoms with Crippen LogP contribution < -0.4 is 11.1 Å². The van der Waals surface area contributed by atoms with E-state index in [1.165, 1.54) is 16.7 Å². The maximum atomic E-state index is 12.6. The molecule has 0 spiro atoms. The topological polar surface area (TPSA) is 158 Å². The summed E-state index contributed by atoms with van der Waals surface area (Å²) < 4.78 is 5.28. The molecule has 0 bridgehead atoms. The largest absolute Gasteiger partial charge is 0.477 e. The number of aliphatic hydroxyl groups excluding tert-OH is 1. The second kappa shape index (κ2) is 9.00. The van der Waals surface area contributed by atoms with Gasteiger partial charge in [0.25, 0.3) is 5.91 Å². The number of morpholine rings is 1. The number of amides is 2. The van der Waals surface area contributed by atoms with Crippen LogP contribution in [0.1, 0.15) is 20.3 Å². The number of carboxylic acid groups (broad SMARTS) is 1. The number of aliphatic imine (C=N–C) groups is 1. The van der Waals surface area contributed by atoms with E-state index in [-0.39, 0.29) is 40.7 Å². The predicted molar refractivity (Wildman–Crippen MR) is 116 cm³/mol. The van der Waals surface area contributed by atoms with Gasteiger partial charge in [-0.3, -0.25) is 9.59 Å². The third-order valence-corrected chi connectivity index (χ3v) is 8.06. The fourth-order valence-corrected chi connectivity index (χ4v) is 6.37. The first kappa shape index (κ1) is 23.0. The van der Waals surface area contributed by atoms with Crippen LogP contribution in [-0.2, 0) is 19.1 Å². The molecule has 12 heteroatoms. The summed E-state index contributed by atoms with van der Waals surface area (Å²) >= 11 is 1.39. The van der Waals surface area contributed by atoms with E-state index in [0.717, 1.165) is 0 Å². The summed E-state index contributed by atoms with van der Waals surface area (Å²) in [6.07, 6.45) is -0.360. The van der Waals surface area contributed by atoms with E-state index in [2.05, 4.69) is 10.3 Å². The van der Waals surface area contributed by atoms with Crippen LogP contribution in [0.3, 0.4) is 0 Å². The van der Waals surface area contributed by atoms with E-state index in [1.54, 1.807) is 6.92 Å². The van der Waals surface area contributed by atoms with Crippen LogP contribution in [0.25, 0.3) is 0 Å². The highest BCUT2D eigenvalue weighted by atomic mass is 32.2. The molecule has 0 aromatic rings. The molecule has 0 aromatic carbocycles. The van der Waals surface area contributed by atoms with E-state index in [0.29, 0.717) is 44.2 Å². The van der Waals surface area contributed by atoms with Crippen molar-refractivity contribution in [3.8, 4) is 0 Å². The van der Waals surface area contributed by atoms with Gasteiger partial charge in [-0.1, -0.05) is 6.92 Å². The molecule has 2 amide bonds. The molecule has 0 aromatic heterocycles. The van der Waals surface area contributed by atoms with Crippen molar-refractivity contribution in [3.63, 3.8) is 0 Å². The second-order valence-electron chi connectivity index (χ2n) is 8.62. The Labute approximate surface area is 190 Å². The number of nitrogens with two attached hydrogens (primary N) is 1. The molecular weight excluding hydrogens is 438 g/mol. The molecule has 11 nitrogen and oxygen atoms in total. The monoisotopic (exact) mass is 467 g/mol. The van der Waals surface area contributed by atoms with Crippen molar-refractivity contribution in [1.82, 2.24) is 15.1 Å². The summed E-state index contributed by atoms with van der Waals surface area (Å²) in [6.45, 7) is 6.21. The molecule has 5 N–H and O–H groups in total. The van der Waals surface area contributed by atoms with Gasteiger partial charge in [0.05, 0.1) is 37.3 Å². The molecule has 0 aliphatic carbocycles. The number of ether oxygens (including phenoxy) is 1. The lowest BCUT2D eigenvalue weighted by molar-refractivity contribution is -0.163. The Kier molecular flexibility index (Phi) is 6.48. The average molecular weight is 468 g/mol. The molecule has 0 unspecified atom stereocenters. The van der Waals surface area contributed by atoms with Crippen molar-refractivity contribution in [2.75, 3.05) is 32.8 Å². The maximum absolute atomic E-state index is 12.6. The molecule has 3 saturated heterocycles. The highest BCUT2D eigenvalue weighted by Gasteiger charge is 2.60. The van der Waals surface area contributed by atoms with Crippen LogP contribution in [0.2, 0.25) is 0 Å². The highest BCUT2D eigenvalue weighted by Crippen LogP contribution is 2.51. The summed E-state index contributed by atoms with van der Waals surface area (Å²) in [4.78, 5) is 44.8. The number of hydrogen-bond donors (Lipinski definition) is 4. The van der Waals surface area contributed by atoms with Gasteiger partial charge in [-0.15, -0.1) is 11.8 Å². The summed E-state index contributed by atoms with van der Waals surface area (Å²) in [7, 11) is 0. The third kappa shape index (κ3) is 4.00. The van der Waals surface area contributed by atoms with Gasteiger partial charge in [0, 0.05) is 35.7 Å². The van der Waals surface area contributed by atoms with Gasteiger partial charge in [0.2, 0.25) is 5.91 Å². The summed E-state index contributed by atoms with van der Waals surface area (Å²) in [6, 6.07) is -0.845. The zero-order chi connectivity index (χ0) is 23.2. The first-order chi connectivity index (χ1) is 15.2. The minimum absolute atomic E-state index is 0.00115. The number of guanidine groups is 1. The Balaban J connectivity index is 1.42. The number of nitrogens with zero attached hydrogens (tertiary/aromatic N) is 3. The third-order valence-electron chi connectivity index (χ3n) is 6.55. The fraction of sp³-hybridized carbons (Fsp3) is 0.700. The average Bonchev–Trinajstić information content (AvgIpc) is 3.31. The maximum Gasteiger partial charge on any atom is 0.353 e. The molecule has 4 aliphatic heterocycles. The van der Waals surface area contributed by atoms with Gasteiger partial charge >= 0.3 is 5.97 Å². The number of hydrogen-bond acceptors (Lipinski definition) is 7. The van der Waals surface area contributed by atoms with Crippen molar-refractivity contribution in [1.29, 1.82) is 0 Å². The predicted octanol–water partition coefficient (Wildman–Crippen LogP) is -1.22. The molecule has 176 valence electrons. The minimum atomic E-state index is -1.15. The lowest BCUT2D eigenvalue weighted by Gasteiger charge is -2.46. The quantitative estimate of drug-likeness (QED) is 0.219. The number of β-lactam (4-membered cyclic amide) rings is 1. The number of carbonyl (C=O) groups excluding carboxylic acids is 2. The van der Waals surface area contributed by atoms with E-state index < -0.39 is 24.0 Å². The van der Waals surface area contributed by atoms with Crippen molar-refractivity contribution in [2.45, 2.75) is 43.7 Å². The van der Waals surface area contributed by atoms with Crippen molar-refractivity contribution in [2.24, 2.45) is 22.6 Å². The smallest absolute Gasteiger partial charge is 0.353 e. The zero-order valence-electron chi connectivity index (χ0n) is 18.1. The van der Waals surface area contributed by atoms with Crippen LogP contribution >= 0.6 is 11.8 Å². The SMILES string of the molecule is C[C@@H](O)[C@H]1C(=O)N2C(C(=O)O)=C(S[C@@H]3CN[C@H](C(=O)N=C(N)N4CCOCC4)C3)[C@H](C)[C@H]12. The Hall–Kier alpha value is -2.15. The highest BCUT2D eigenvalue weighted by molar-refractivity contribution is 8.03. The number of aliphatic carboxylic acids is 1. The summed E-state index contributed by atoms with van der Waals surface area (Å²) in [5.74, 6) is -2.46. The molecule has 0 saturated carbocycles. The lowest BCUT2D eigenvalue weighted by Crippen LogP contribution is -2.63. The van der Waals surface area contributed by atoms with Crippen molar-refractivity contribution >= 4 is 35.5 Å². The number of thioether (sulfide) groups is 1. The van der Waals surface area contributed by atoms with Crippen LogP contribution in [-0.4, -0.2) is 100 Å². The van der Waals surface area contributed by atoms with E-state index in [1.807, 2.05) is 11.8 Å². The van der Waals surface area contributed by atoms with Gasteiger partial charge in [-0.25, -0.2) is 4.79 Å². The molecule has 0 radical (unpaired) electrons. The summed E-state index contributed by atoms with van der Waals surface area (Å²) in [5.41, 5.74) is 5.98. The van der Waals surface area contributed by atoms with Gasteiger partial charge in [0.1, 0.15) is 5.70 Å². The van der Waals surface area contributed by atoms with Gasteiger partial charge in [0.15, 0.2) is 5.96 Å². The van der Waals surface area contributed by atoms with Gasteiger partial charge < -0.3 is 35.8 Å². The Morgan fingerprint density at radius 1 is 1.34 bits per heavy atom. The number of aliphatic hydroxyl groups is 1. The summed E-state index contributed by atoms with van der Waals surface area (Å²) in [5, 5.41) is 22.8. The Bertz CT molecular complexity index is 871. The van der Waals surface area contributed by atoms with E-state index >= 15 is 0 Å². The van der Waals surface area contributed by atoms with Crippen LogP contribution in [0.15, 0.2) is 15.6 Å². The van der Waals surface area contributed by atoms with Crippen LogP contribution in [0.5, 0.6) is 0 Å². The fourth-order valence-electron chi connectivity index (χ4n) is 4.89. The molecule has 3 fully saturated rings. The van der Waals surface area contributed by atoms with Crippen LogP contribution in [0.4, 0.5) is 0 Å². The molecule has 4 aliphatic rings. The first-order valence-electron chi connectivity index (χ1n) is 10.8. The number of nitrogens with one attached hydrogen (secondary N) is 1. The normalized spacial score (nSPS) is 33.9. The molecule has 4 rings (SSSR count). The second-order valence-corrected chi connectivity index (χ2v) is 9.96. The number of rotatable bonds is 5. The van der Waals surface area contributed by atoms with E-state index in [4.69, 9.17) is 10.5 Å². The number of carbonyl (C=O) groups is 3. The van der Waals surface area contributed by atoms with Gasteiger partial charge in [-0.05, 0) is 13.3 Å². The Morgan fingerprint density at radius 3 is 2.66 bits per heavy atom. The number of carboxylic acids is 1. The first-order valence-corrected chi connectivity index (χ1v) is 11.7. The van der Waals surface area contributed by atoms with Gasteiger partial charge in [-0.2, -0.15) is 4.99 Å². The van der Waals surface area contributed by atoms with Crippen molar-refractivity contribution in [3.05, 3.63) is 10.6 Å². The molecule has 32 heavy (non-hydrogen) atoms. The van der Waals surface area contributed by atoms with Crippen LogP contribution in [0, 0.1) is 11.8 Å². The van der Waals surface area contributed by atoms with Crippen molar-refractivity contribution < 1.29 is 29.3 Å². The zero-order valence-corrected chi connectivity index (χ0v) is 18.9. The lowest BCUT2D eigenvalue weighted by atomic mass is 9.79. The molecule has 6 atom stereocenters. The molecular formula is C20H29N5O6S. The minimum Gasteiger partial charge on any atom is -0.477 e. The standard InChI is InChI=1S/C20H29N5O6S/c1-9-14-13(10(2)26)18(28)25(14)15(19(29)30)16(9)32-11-7-12(22-8-11)17(27)23-20(21)24-3-5-31-6-4-24/h9-14,22,26H,3-8H2,1-2H3,(H,29,30)(H2,21,23,27)/t9-,10-,11+,12+,13-,14-/m1/s1.